The van der Waals surface area contributed by atoms with E-state index in [1.807, 2.05) is 37.3 Å². The molecule has 1 aliphatic rings. The van der Waals surface area contributed by atoms with Gasteiger partial charge in [0.05, 0.1) is 6.61 Å². The van der Waals surface area contributed by atoms with Gasteiger partial charge in [-0.3, -0.25) is 10.3 Å². The van der Waals surface area contributed by atoms with Crippen molar-refractivity contribution in [3.8, 4) is 11.1 Å². The van der Waals surface area contributed by atoms with Crippen molar-refractivity contribution in [3.05, 3.63) is 54.5 Å². The fraction of sp³-hybridized carbons (Fsp3) is 0.407. The number of amides is 3. The zero-order valence-corrected chi connectivity index (χ0v) is 20.6. The number of carbonyl (C=O) groups is 2. The van der Waals surface area contributed by atoms with Crippen molar-refractivity contribution in [2.45, 2.75) is 39.2 Å². The maximum Gasteiger partial charge on any atom is 0.407 e. The summed E-state index contributed by atoms with van der Waals surface area (Å²) < 4.78 is 5.52. The molecule has 9 heteroatoms. The number of hydrogen-bond donors (Lipinski definition) is 4. The molecule has 1 saturated carbocycles. The normalized spacial score (nSPS) is 17.4. The number of anilines is 1. The summed E-state index contributed by atoms with van der Waals surface area (Å²) in [6.07, 6.45) is 9.16. The highest BCUT2D eigenvalue weighted by Gasteiger charge is 2.22. The average molecular weight is 491 g/mol. The molecule has 5 N–H and O–H groups in total. The maximum absolute atomic E-state index is 12.4. The van der Waals surface area contributed by atoms with Crippen molar-refractivity contribution in [1.82, 2.24) is 20.6 Å². The maximum atomic E-state index is 12.4. The van der Waals surface area contributed by atoms with E-state index < -0.39 is 6.09 Å². The monoisotopic (exact) mass is 490 g/mol. The Balaban J connectivity index is 1.49. The van der Waals surface area contributed by atoms with Crippen LogP contribution in [0.25, 0.3) is 21.9 Å². The smallest absolute Gasteiger partial charge is 0.407 e. The number of urea groups is 1. The van der Waals surface area contributed by atoms with Crippen LogP contribution in [0.2, 0.25) is 0 Å². The van der Waals surface area contributed by atoms with Gasteiger partial charge in [-0.1, -0.05) is 18.6 Å². The Morgan fingerprint density at radius 3 is 2.67 bits per heavy atom. The minimum absolute atomic E-state index is 0.298. The molecule has 3 amide bonds. The number of hydrogen-bond acceptors (Lipinski definition) is 6. The van der Waals surface area contributed by atoms with Gasteiger partial charge in [-0.05, 0) is 84.8 Å². The Hall–Kier alpha value is -3.72. The lowest BCUT2D eigenvalue weighted by Gasteiger charge is -2.27. The molecular formula is C27H34N6O3. The second-order valence-corrected chi connectivity index (χ2v) is 9.19. The predicted octanol–water partition coefficient (Wildman–Crippen LogP) is 4.43. The lowest BCUT2D eigenvalue weighted by Crippen LogP contribution is -2.29. The second-order valence-electron chi connectivity index (χ2n) is 9.19. The molecule has 0 radical (unpaired) electrons. The summed E-state index contributed by atoms with van der Waals surface area (Å²) in [5.74, 6) is 1.34. The Morgan fingerprint density at radius 1 is 1.08 bits per heavy atom. The molecule has 1 aliphatic carbocycles. The van der Waals surface area contributed by atoms with E-state index >= 15 is 0 Å². The summed E-state index contributed by atoms with van der Waals surface area (Å²) in [6, 6.07) is 9.38. The van der Waals surface area contributed by atoms with Crippen LogP contribution in [0.1, 0.15) is 38.2 Å². The SMILES string of the molecule is CCNC(=O)Nc1cc2c(-c3ccncc3)ccc(CNC(=O)OCC3CCCC(CN)C3)c2cn1. The second kappa shape index (κ2) is 12.3. The first-order valence-electron chi connectivity index (χ1n) is 12.5. The van der Waals surface area contributed by atoms with Crippen LogP contribution in [0.15, 0.2) is 48.9 Å². The zero-order valence-electron chi connectivity index (χ0n) is 20.6. The van der Waals surface area contributed by atoms with Gasteiger partial charge < -0.3 is 21.1 Å². The molecule has 2 aromatic heterocycles. The van der Waals surface area contributed by atoms with Crippen LogP contribution in [-0.4, -0.2) is 41.8 Å². The third-order valence-corrected chi connectivity index (χ3v) is 6.66. The number of ether oxygens (including phenoxy) is 1. The highest BCUT2D eigenvalue weighted by Crippen LogP contribution is 2.32. The van der Waals surface area contributed by atoms with Gasteiger partial charge >= 0.3 is 12.1 Å². The Labute approximate surface area is 211 Å². The number of rotatable bonds is 8. The first kappa shape index (κ1) is 25.4. The van der Waals surface area contributed by atoms with Crippen molar-refractivity contribution in [3.63, 3.8) is 0 Å². The fourth-order valence-electron chi connectivity index (χ4n) is 4.80. The molecule has 1 aromatic carbocycles. The fourth-order valence-corrected chi connectivity index (χ4v) is 4.80. The molecule has 2 unspecified atom stereocenters. The van der Waals surface area contributed by atoms with Crippen LogP contribution in [0.3, 0.4) is 0 Å². The van der Waals surface area contributed by atoms with E-state index in [0.29, 0.717) is 43.9 Å². The van der Waals surface area contributed by atoms with E-state index in [1.54, 1.807) is 18.6 Å². The van der Waals surface area contributed by atoms with Crippen molar-refractivity contribution in [2.75, 3.05) is 25.0 Å². The van der Waals surface area contributed by atoms with Gasteiger partial charge in [-0.2, -0.15) is 0 Å². The number of fused-ring (bicyclic) bond motifs is 1. The molecule has 4 rings (SSSR count). The molecule has 2 atom stereocenters. The highest BCUT2D eigenvalue weighted by molar-refractivity contribution is 6.00. The molecule has 0 bridgehead atoms. The van der Waals surface area contributed by atoms with Crippen molar-refractivity contribution in [2.24, 2.45) is 17.6 Å². The molecule has 2 heterocycles. The summed E-state index contributed by atoms with van der Waals surface area (Å²) in [5.41, 5.74) is 8.69. The van der Waals surface area contributed by atoms with Crippen LogP contribution < -0.4 is 21.7 Å². The lowest BCUT2D eigenvalue weighted by atomic mass is 9.82. The van der Waals surface area contributed by atoms with Gasteiger partial charge in [0, 0.05) is 37.1 Å². The summed E-state index contributed by atoms with van der Waals surface area (Å²) in [4.78, 5) is 33.0. The van der Waals surface area contributed by atoms with Gasteiger partial charge in [0.15, 0.2) is 0 Å². The van der Waals surface area contributed by atoms with E-state index in [4.69, 9.17) is 10.5 Å². The molecule has 1 fully saturated rings. The van der Waals surface area contributed by atoms with Crippen LogP contribution >= 0.6 is 0 Å². The largest absolute Gasteiger partial charge is 0.449 e. The molecule has 9 nitrogen and oxygen atoms in total. The van der Waals surface area contributed by atoms with Gasteiger partial charge in [-0.25, -0.2) is 14.6 Å². The van der Waals surface area contributed by atoms with E-state index in [9.17, 15) is 9.59 Å². The van der Waals surface area contributed by atoms with Gasteiger partial charge in [0.25, 0.3) is 0 Å². The quantitative estimate of drug-likeness (QED) is 0.369. The van der Waals surface area contributed by atoms with Crippen LogP contribution in [0, 0.1) is 11.8 Å². The van der Waals surface area contributed by atoms with Crippen LogP contribution in [-0.2, 0) is 11.3 Å². The molecule has 190 valence electrons. The van der Waals surface area contributed by atoms with Gasteiger partial charge in [0.2, 0.25) is 0 Å². The van der Waals surface area contributed by atoms with Crippen LogP contribution in [0.4, 0.5) is 15.4 Å². The van der Waals surface area contributed by atoms with E-state index in [-0.39, 0.29) is 6.03 Å². The standard InChI is InChI=1S/C27H34N6O3/c1-2-30-26(34)33-25-13-23-22(20-8-10-29-11-9-20)7-6-21(24(23)16-31-25)15-32-27(35)36-17-19-5-3-4-18(12-19)14-28/h6-11,13,16,18-19H,2-5,12,14-15,17,28H2,1H3,(H,32,35)(H2,30,31,33,34). The molecule has 0 spiro atoms. The predicted molar refractivity (Wildman–Crippen MR) is 140 cm³/mol. The molecule has 0 saturated heterocycles. The third kappa shape index (κ3) is 6.48. The molecule has 36 heavy (non-hydrogen) atoms. The molecule has 3 aromatic rings. The van der Waals surface area contributed by atoms with Crippen molar-refractivity contribution < 1.29 is 14.3 Å². The summed E-state index contributed by atoms with van der Waals surface area (Å²) in [7, 11) is 0. The van der Waals surface area contributed by atoms with Crippen molar-refractivity contribution >= 4 is 28.7 Å². The van der Waals surface area contributed by atoms with E-state index in [0.717, 1.165) is 53.1 Å². The van der Waals surface area contributed by atoms with Crippen LogP contribution in [0.5, 0.6) is 0 Å². The number of alkyl carbamates (subject to hydrolysis) is 1. The third-order valence-electron chi connectivity index (χ3n) is 6.66. The van der Waals surface area contributed by atoms with E-state index in [1.165, 1.54) is 0 Å². The summed E-state index contributed by atoms with van der Waals surface area (Å²) in [6.45, 7) is 3.78. The number of nitrogens with one attached hydrogen (secondary N) is 3. The van der Waals surface area contributed by atoms with Gasteiger partial charge in [-0.15, -0.1) is 0 Å². The first-order chi connectivity index (χ1) is 17.6. The van der Waals surface area contributed by atoms with Crippen molar-refractivity contribution in [1.29, 1.82) is 0 Å². The topological polar surface area (TPSA) is 131 Å². The van der Waals surface area contributed by atoms with E-state index in [2.05, 4.69) is 25.9 Å². The Bertz CT molecular complexity index is 1190. The molecule has 0 aliphatic heterocycles. The minimum Gasteiger partial charge on any atom is -0.449 e. The average Bonchev–Trinajstić information content (AvgIpc) is 2.91. The Morgan fingerprint density at radius 2 is 1.89 bits per heavy atom. The highest BCUT2D eigenvalue weighted by atomic mass is 16.5. The summed E-state index contributed by atoms with van der Waals surface area (Å²) >= 11 is 0. The minimum atomic E-state index is -0.432. The first-order valence-corrected chi connectivity index (χ1v) is 12.5. The zero-order chi connectivity index (χ0) is 25.3. The number of benzene rings is 1. The number of aromatic nitrogens is 2. The number of carbonyl (C=O) groups excluding carboxylic acids is 2. The number of nitrogens with zero attached hydrogens (tertiary/aromatic N) is 2. The summed E-state index contributed by atoms with van der Waals surface area (Å²) in [5, 5.41) is 10.1. The number of nitrogens with two attached hydrogens (primary N) is 1. The van der Waals surface area contributed by atoms with Gasteiger partial charge in [0.1, 0.15) is 5.82 Å². The Kier molecular flexibility index (Phi) is 8.67. The number of pyridine rings is 2. The molecular weight excluding hydrogens is 456 g/mol. The lowest BCUT2D eigenvalue weighted by molar-refractivity contribution is 0.106.